The van der Waals surface area contributed by atoms with Crippen molar-refractivity contribution < 1.29 is 14.7 Å². The average Bonchev–Trinajstić information content (AvgIpc) is 2.95. The van der Waals surface area contributed by atoms with Crippen molar-refractivity contribution in [3.8, 4) is 0 Å². The normalized spacial score (nSPS) is 19.4. The summed E-state index contributed by atoms with van der Waals surface area (Å²) in [5.41, 5.74) is 0.355. The maximum atomic E-state index is 12.3. The molecule has 0 aromatic heterocycles. The molecule has 2 unspecified atom stereocenters. The molecular formula is C15H19ClN2O3. The van der Waals surface area contributed by atoms with Crippen molar-refractivity contribution >= 4 is 23.4 Å². The minimum absolute atomic E-state index is 0.0874. The number of carbonyl (C=O) groups excluding carboxylic acids is 2. The summed E-state index contributed by atoms with van der Waals surface area (Å²) in [4.78, 5) is 26.0. The van der Waals surface area contributed by atoms with E-state index < -0.39 is 6.04 Å². The Kier molecular flexibility index (Phi) is 5.20. The Balaban J connectivity index is 1.95. The van der Waals surface area contributed by atoms with Gasteiger partial charge < -0.3 is 15.3 Å². The van der Waals surface area contributed by atoms with Gasteiger partial charge in [-0.25, -0.2) is 0 Å². The number of halogens is 1. The van der Waals surface area contributed by atoms with Crippen LogP contribution in [-0.2, 0) is 4.79 Å². The highest BCUT2D eigenvalue weighted by molar-refractivity contribution is 6.33. The van der Waals surface area contributed by atoms with E-state index in [0.717, 1.165) is 6.42 Å². The van der Waals surface area contributed by atoms with Crippen molar-refractivity contribution in [1.82, 2.24) is 10.2 Å². The number of likely N-dealkylation sites (tertiary alicyclic amines) is 1. The molecule has 2 rings (SSSR count). The quantitative estimate of drug-likeness (QED) is 0.880. The summed E-state index contributed by atoms with van der Waals surface area (Å²) in [5, 5.41) is 12.1. The minimum atomic E-state index is -0.619. The first-order valence-electron chi connectivity index (χ1n) is 6.98. The molecule has 21 heavy (non-hydrogen) atoms. The Morgan fingerprint density at radius 3 is 2.81 bits per heavy atom. The third kappa shape index (κ3) is 3.74. The molecule has 0 aliphatic carbocycles. The van der Waals surface area contributed by atoms with Gasteiger partial charge in [0.1, 0.15) is 6.04 Å². The molecule has 1 aromatic rings. The third-order valence-electron chi connectivity index (χ3n) is 3.69. The fraction of sp³-hybridized carbons (Fsp3) is 0.467. The lowest BCUT2D eigenvalue weighted by Gasteiger charge is -2.21. The van der Waals surface area contributed by atoms with Crippen LogP contribution in [0.2, 0.25) is 5.02 Å². The van der Waals surface area contributed by atoms with E-state index in [1.54, 1.807) is 36.1 Å². The highest BCUT2D eigenvalue weighted by atomic mass is 35.5. The monoisotopic (exact) mass is 310 g/mol. The maximum absolute atomic E-state index is 12.3. The number of hydrogen-bond acceptors (Lipinski definition) is 3. The first kappa shape index (κ1) is 15.8. The summed E-state index contributed by atoms with van der Waals surface area (Å²) < 4.78 is 0. The zero-order chi connectivity index (χ0) is 15.4. The number of nitrogens with zero attached hydrogens (tertiary/aromatic N) is 1. The van der Waals surface area contributed by atoms with Gasteiger partial charge in [-0.3, -0.25) is 9.59 Å². The predicted octanol–water partition coefficient (Wildman–Crippen LogP) is 1.30. The van der Waals surface area contributed by atoms with Gasteiger partial charge in [-0.15, -0.1) is 0 Å². The van der Waals surface area contributed by atoms with Gasteiger partial charge in [-0.2, -0.15) is 0 Å². The molecule has 6 heteroatoms. The van der Waals surface area contributed by atoms with Crippen molar-refractivity contribution in [2.45, 2.75) is 19.4 Å². The smallest absolute Gasteiger partial charge is 0.253 e. The van der Waals surface area contributed by atoms with E-state index >= 15 is 0 Å². The van der Waals surface area contributed by atoms with E-state index in [9.17, 15) is 9.59 Å². The standard InChI is InChI=1S/C15H19ClN2O3/c1-10(15(21)18-7-6-11(8-18)9-19)17-14(20)12-4-2-3-5-13(12)16/h2-5,10-11,19H,6-9H2,1H3,(H,17,20). The number of rotatable bonds is 4. The molecule has 0 bridgehead atoms. The number of carbonyl (C=O) groups is 2. The molecule has 1 heterocycles. The van der Waals surface area contributed by atoms with Crippen LogP contribution in [0.25, 0.3) is 0 Å². The van der Waals surface area contributed by atoms with Gasteiger partial charge in [-0.05, 0) is 25.5 Å². The zero-order valence-corrected chi connectivity index (χ0v) is 12.6. The molecule has 114 valence electrons. The van der Waals surface area contributed by atoms with E-state index in [-0.39, 0.29) is 24.3 Å². The van der Waals surface area contributed by atoms with Crippen molar-refractivity contribution in [1.29, 1.82) is 0 Å². The van der Waals surface area contributed by atoms with Crippen LogP contribution in [0, 0.1) is 5.92 Å². The molecule has 2 atom stereocenters. The summed E-state index contributed by atoms with van der Waals surface area (Å²) in [6.45, 7) is 2.91. The second-order valence-corrected chi connectivity index (χ2v) is 5.70. The lowest BCUT2D eigenvalue weighted by molar-refractivity contribution is -0.131. The Hall–Kier alpha value is -1.59. The first-order chi connectivity index (χ1) is 10.0. The Morgan fingerprint density at radius 2 is 2.19 bits per heavy atom. The van der Waals surface area contributed by atoms with E-state index in [2.05, 4.69) is 5.32 Å². The number of amides is 2. The van der Waals surface area contributed by atoms with Gasteiger partial charge >= 0.3 is 0 Å². The number of nitrogens with one attached hydrogen (secondary N) is 1. The van der Waals surface area contributed by atoms with Gasteiger partial charge in [0.15, 0.2) is 0 Å². The lowest BCUT2D eigenvalue weighted by atomic mass is 10.1. The second kappa shape index (κ2) is 6.91. The summed E-state index contributed by atoms with van der Waals surface area (Å²) >= 11 is 5.96. The summed E-state index contributed by atoms with van der Waals surface area (Å²) in [6.07, 6.45) is 0.799. The number of aliphatic hydroxyl groups is 1. The highest BCUT2D eigenvalue weighted by Gasteiger charge is 2.29. The van der Waals surface area contributed by atoms with E-state index in [1.165, 1.54) is 0 Å². The molecule has 5 nitrogen and oxygen atoms in total. The highest BCUT2D eigenvalue weighted by Crippen LogP contribution is 2.17. The topological polar surface area (TPSA) is 69.6 Å². The molecule has 1 fully saturated rings. The largest absolute Gasteiger partial charge is 0.396 e. The van der Waals surface area contributed by atoms with E-state index in [0.29, 0.717) is 23.7 Å². The molecule has 1 saturated heterocycles. The van der Waals surface area contributed by atoms with Crippen LogP contribution in [0.1, 0.15) is 23.7 Å². The molecule has 2 N–H and O–H groups in total. The molecule has 0 saturated carbocycles. The Morgan fingerprint density at radius 1 is 1.48 bits per heavy atom. The molecule has 1 aliphatic heterocycles. The van der Waals surface area contributed by atoms with Gasteiger partial charge in [0.05, 0.1) is 10.6 Å². The van der Waals surface area contributed by atoms with Crippen LogP contribution in [0.3, 0.4) is 0 Å². The van der Waals surface area contributed by atoms with Crippen LogP contribution >= 0.6 is 11.6 Å². The second-order valence-electron chi connectivity index (χ2n) is 5.30. The van der Waals surface area contributed by atoms with E-state index in [1.807, 2.05) is 0 Å². The van der Waals surface area contributed by atoms with Crippen molar-refractivity contribution in [2.75, 3.05) is 19.7 Å². The molecule has 1 aromatic carbocycles. The lowest BCUT2D eigenvalue weighted by Crippen LogP contribution is -2.46. The van der Waals surface area contributed by atoms with Crippen molar-refractivity contribution in [3.63, 3.8) is 0 Å². The molecule has 1 aliphatic rings. The SMILES string of the molecule is CC(NC(=O)c1ccccc1Cl)C(=O)N1CCC(CO)C1. The van der Waals surface area contributed by atoms with Gasteiger partial charge in [-0.1, -0.05) is 23.7 Å². The fourth-order valence-corrected chi connectivity index (χ4v) is 2.66. The fourth-order valence-electron chi connectivity index (χ4n) is 2.44. The molecule has 0 radical (unpaired) electrons. The first-order valence-corrected chi connectivity index (χ1v) is 7.35. The van der Waals surface area contributed by atoms with Gasteiger partial charge in [0.2, 0.25) is 5.91 Å². The van der Waals surface area contributed by atoms with Crippen LogP contribution in [0.15, 0.2) is 24.3 Å². The predicted molar refractivity (Wildman–Crippen MR) is 80.2 cm³/mol. The zero-order valence-electron chi connectivity index (χ0n) is 11.9. The van der Waals surface area contributed by atoms with Crippen LogP contribution in [0.4, 0.5) is 0 Å². The van der Waals surface area contributed by atoms with Crippen molar-refractivity contribution in [3.05, 3.63) is 34.9 Å². The summed E-state index contributed by atoms with van der Waals surface area (Å²) in [6, 6.07) is 6.10. The van der Waals surface area contributed by atoms with Crippen LogP contribution in [-0.4, -0.2) is 47.6 Å². The average molecular weight is 311 g/mol. The third-order valence-corrected chi connectivity index (χ3v) is 4.02. The van der Waals surface area contributed by atoms with Crippen molar-refractivity contribution in [2.24, 2.45) is 5.92 Å². The molecular weight excluding hydrogens is 292 g/mol. The van der Waals surface area contributed by atoms with Crippen LogP contribution < -0.4 is 5.32 Å². The Labute approximate surface area is 128 Å². The Bertz CT molecular complexity index is 535. The van der Waals surface area contributed by atoms with Crippen LogP contribution in [0.5, 0.6) is 0 Å². The molecule has 2 amide bonds. The number of benzene rings is 1. The number of hydrogen-bond donors (Lipinski definition) is 2. The van der Waals surface area contributed by atoms with Gasteiger partial charge in [0.25, 0.3) is 5.91 Å². The van der Waals surface area contributed by atoms with E-state index in [4.69, 9.17) is 16.7 Å². The maximum Gasteiger partial charge on any atom is 0.253 e. The molecule has 0 spiro atoms. The number of aliphatic hydroxyl groups excluding tert-OH is 1. The minimum Gasteiger partial charge on any atom is -0.396 e. The van der Waals surface area contributed by atoms with Gasteiger partial charge in [0, 0.05) is 25.6 Å². The summed E-state index contributed by atoms with van der Waals surface area (Å²) in [5.74, 6) is -0.355. The summed E-state index contributed by atoms with van der Waals surface area (Å²) in [7, 11) is 0.